The Kier molecular flexibility index (Phi) is 2.47. The van der Waals surface area contributed by atoms with Crippen molar-refractivity contribution in [3.63, 3.8) is 0 Å². The molecule has 3 aliphatic heterocycles. The Morgan fingerprint density at radius 3 is 2.71 bits per heavy atom. The SMILES string of the molecule is CC[C@H]1CC(=O)O[C@H]2[C@@H]1O[C@@H]1OC(C)(C)O[C@@H]12. The summed E-state index contributed by atoms with van der Waals surface area (Å²) in [5.74, 6) is -0.607. The lowest BCUT2D eigenvalue weighted by Crippen LogP contribution is -2.46. The molecule has 3 heterocycles. The van der Waals surface area contributed by atoms with E-state index >= 15 is 0 Å². The van der Waals surface area contributed by atoms with Gasteiger partial charge in [0, 0.05) is 0 Å². The van der Waals surface area contributed by atoms with E-state index in [0.29, 0.717) is 6.42 Å². The Balaban J connectivity index is 1.81. The average Bonchev–Trinajstić information content (AvgIpc) is 2.70. The molecule has 0 aromatic heterocycles. The highest BCUT2D eigenvalue weighted by molar-refractivity contribution is 5.71. The molecule has 0 saturated carbocycles. The predicted molar refractivity (Wildman–Crippen MR) is 57.0 cm³/mol. The van der Waals surface area contributed by atoms with E-state index in [2.05, 4.69) is 6.92 Å². The lowest BCUT2D eigenvalue weighted by molar-refractivity contribution is -0.232. The van der Waals surface area contributed by atoms with Gasteiger partial charge in [-0.15, -0.1) is 0 Å². The molecule has 0 spiro atoms. The highest BCUT2D eigenvalue weighted by Gasteiger charge is 2.59. The number of ether oxygens (including phenoxy) is 4. The molecule has 17 heavy (non-hydrogen) atoms. The lowest BCUT2D eigenvalue weighted by Gasteiger charge is -2.33. The molecule has 5 nitrogen and oxygen atoms in total. The second-order valence-corrected chi connectivity index (χ2v) is 5.40. The minimum atomic E-state index is -0.661. The summed E-state index contributed by atoms with van der Waals surface area (Å²) in [6.07, 6.45) is 0.254. The topological polar surface area (TPSA) is 54.0 Å². The molecule has 0 bridgehead atoms. The normalized spacial score (nSPS) is 47.5. The Morgan fingerprint density at radius 1 is 1.24 bits per heavy atom. The molecule has 3 saturated heterocycles. The Hall–Kier alpha value is -0.650. The lowest BCUT2D eigenvalue weighted by atomic mass is 9.89. The Bertz CT molecular complexity index is 340. The molecule has 0 aromatic carbocycles. The van der Waals surface area contributed by atoms with E-state index in [4.69, 9.17) is 18.9 Å². The maximum absolute atomic E-state index is 11.6. The summed E-state index contributed by atoms with van der Waals surface area (Å²) in [5, 5.41) is 0. The van der Waals surface area contributed by atoms with Crippen molar-refractivity contribution in [3.05, 3.63) is 0 Å². The number of fused-ring (bicyclic) bond motifs is 3. The van der Waals surface area contributed by atoms with Crippen molar-refractivity contribution >= 4 is 5.97 Å². The van der Waals surface area contributed by atoms with Gasteiger partial charge in [0.15, 0.2) is 24.3 Å². The summed E-state index contributed by atoms with van der Waals surface area (Å²) < 4.78 is 22.6. The van der Waals surface area contributed by atoms with Gasteiger partial charge in [0.05, 0.1) is 6.42 Å². The first-order chi connectivity index (χ1) is 8.00. The van der Waals surface area contributed by atoms with Gasteiger partial charge >= 0.3 is 5.97 Å². The number of esters is 1. The molecular formula is C12H18O5. The first-order valence-corrected chi connectivity index (χ1v) is 6.21. The van der Waals surface area contributed by atoms with Crippen LogP contribution in [-0.4, -0.2) is 36.4 Å². The van der Waals surface area contributed by atoms with Crippen LogP contribution in [0.1, 0.15) is 33.6 Å². The number of hydrogen-bond acceptors (Lipinski definition) is 5. The highest BCUT2D eigenvalue weighted by Crippen LogP contribution is 2.43. The summed E-state index contributed by atoms with van der Waals surface area (Å²) in [5.41, 5.74) is 0. The maximum atomic E-state index is 11.6. The van der Waals surface area contributed by atoms with Crippen LogP contribution in [0.4, 0.5) is 0 Å². The number of carbonyl (C=O) groups is 1. The second kappa shape index (κ2) is 3.67. The molecule has 0 aromatic rings. The summed E-state index contributed by atoms with van der Waals surface area (Å²) in [6.45, 7) is 5.74. The molecule has 0 unspecified atom stereocenters. The van der Waals surface area contributed by atoms with E-state index in [1.165, 1.54) is 0 Å². The highest BCUT2D eigenvalue weighted by atomic mass is 16.8. The van der Waals surface area contributed by atoms with E-state index in [1.807, 2.05) is 13.8 Å². The van der Waals surface area contributed by atoms with E-state index < -0.39 is 12.1 Å². The molecule has 3 fully saturated rings. The van der Waals surface area contributed by atoms with Crippen LogP contribution < -0.4 is 0 Å². The van der Waals surface area contributed by atoms with Crippen molar-refractivity contribution in [2.45, 2.75) is 64.0 Å². The predicted octanol–water partition coefficient (Wildman–Crippen LogP) is 1.20. The molecule has 0 amide bonds. The van der Waals surface area contributed by atoms with Crippen LogP contribution in [-0.2, 0) is 23.7 Å². The van der Waals surface area contributed by atoms with Gasteiger partial charge < -0.3 is 18.9 Å². The molecule has 5 heteroatoms. The third-order valence-electron chi connectivity index (χ3n) is 3.71. The zero-order valence-corrected chi connectivity index (χ0v) is 10.3. The summed E-state index contributed by atoms with van der Waals surface area (Å²) >= 11 is 0. The molecule has 3 rings (SSSR count). The van der Waals surface area contributed by atoms with E-state index in [0.717, 1.165) is 6.42 Å². The fourth-order valence-electron chi connectivity index (χ4n) is 2.92. The number of carbonyl (C=O) groups excluding carboxylic acids is 1. The van der Waals surface area contributed by atoms with Gasteiger partial charge in [-0.25, -0.2) is 0 Å². The van der Waals surface area contributed by atoms with Crippen molar-refractivity contribution in [3.8, 4) is 0 Å². The first kappa shape index (κ1) is 11.4. The minimum absolute atomic E-state index is 0.0798. The molecule has 0 N–H and O–H groups in total. The first-order valence-electron chi connectivity index (χ1n) is 6.21. The minimum Gasteiger partial charge on any atom is -0.457 e. The smallest absolute Gasteiger partial charge is 0.306 e. The molecule has 96 valence electrons. The largest absolute Gasteiger partial charge is 0.457 e. The number of hydrogen-bond donors (Lipinski definition) is 0. The van der Waals surface area contributed by atoms with Gasteiger partial charge in [0.1, 0.15) is 6.10 Å². The van der Waals surface area contributed by atoms with Crippen molar-refractivity contribution in [2.75, 3.05) is 0 Å². The molecule has 0 radical (unpaired) electrons. The fraction of sp³-hybridized carbons (Fsp3) is 0.917. The number of rotatable bonds is 1. The second-order valence-electron chi connectivity index (χ2n) is 5.40. The van der Waals surface area contributed by atoms with Crippen LogP contribution >= 0.6 is 0 Å². The third-order valence-corrected chi connectivity index (χ3v) is 3.71. The van der Waals surface area contributed by atoms with E-state index in [-0.39, 0.29) is 30.2 Å². The Labute approximate surface area is 100 Å². The Morgan fingerprint density at radius 2 is 2.00 bits per heavy atom. The molecule has 5 atom stereocenters. The van der Waals surface area contributed by atoms with Crippen molar-refractivity contribution in [1.29, 1.82) is 0 Å². The molecular weight excluding hydrogens is 224 g/mol. The van der Waals surface area contributed by atoms with Crippen LogP contribution in [0.2, 0.25) is 0 Å². The quantitative estimate of drug-likeness (QED) is 0.647. The van der Waals surface area contributed by atoms with Crippen LogP contribution in [0, 0.1) is 5.92 Å². The average molecular weight is 242 g/mol. The van der Waals surface area contributed by atoms with Gasteiger partial charge in [0.2, 0.25) is 0 Å². The van der Waals surface area contributed by atoms with Gasteiger partial charge in [-0.05, 0) is 19.8 Å². The van der Waals surface area contributed by atoms with Crippen molar-refractivity contribution < 1.29 is 23.7 Å². The monoisotopic (exact) mass is 242 g/mol. The van der Waals surface area contributed by atoms with Crippen LogP contribution in [0.15, 0.2) is 0 Å². The standard InChI is InChI=1S/C12H18O5/c1-4-6-5-7(13)14-9-8(6)15-11-10(9)16-12(2,3)17-11/h6,8-11H,4-5H2,1-3H3/t6-,8+,9-,10+,11+/m0/s1. The van der Waals surface area contributed by atoms with Crippen molar-refractivity contribution in [2.24, 2.45) is 5.92 Å². The summed E-state index contributed by atoms with van der Waals surface area (Å²) in [7, 11) is 0. The van der Waals surface area contributed by atoms with Gasteiger partial charge in [-0.3, -0.25) is 4.79 Å². The van der Waals surface area contributed by atoms with Gasteiger partial charge in [-0.2, -0.15) is 0 Å². The van der Waals surface area contributed by atoms with Crippen LogP contribution in [0.5, 0.6) is 0 Å². The van der Waals surface area contributed by atoms with Crippen LogP contribution in [0.3, 0.4) is 0 Å². The molecule has 3 aliphatic rings. The van der Waals surface area contributed by atoms with E-state index in [9.17, 15) is 4.79 Å². The van der Waals surface area contributed by atoms with Crippen molar-refractivity contribution in [1.82, 2.24) is 0 Å². The van der Waals surface area contributed by atoms with Gasteiger partial charge in [-0.1, -0.05) is 13.3 Å². The van der Waals surface area contributed by atoms with Gasteiger partial charge in [0.25, 0.3) is 0 Å². The zero-order chi connectivity index (χ0) is 12.2. The summed E-state index contributed by atoms with van der Waals surface area (Å²) in [6, 6.07) is 0. The third kappa shape index (κ3) is 1.77. The zero-order valence-electron chi connectivity index (χ0n) is 10.3. The molecule has 0 aliphatic carbocycles. The van der Waals surface area contributed by atoms with E-state index in [1.54, 1.807) is 0 Å². The fourth-order valence-corrected chi connectivity index (χ4v) is 2.92. The maximum Gasteiger partial charge on any atom is 0.306 e. The summed E-state index contributed by atoms with van der Waals surface area (Å²) in [4.78, 5) is 11.6. The van der Waals surface area contributed by atoms with Crippen LogP contribution in [0.25, 0.3) is 0 Å².